The van der Waals surface area contributed by atoms with Gasteiger partial charge in [0.1, 0.15) is 5.82 Å². The quantitative estimate of drug-likeness (QED) is 0.251. The van der Waals surface area contributed by atoms with E-state index in [0.717, 1.165) is 27.7 Å². The predicted octanol–water partition coefficient (Wildman–Crippen LogP) is 3.70. The minimum absolute atomic E-state index is 0.0728. The fourth-order valence-electron chi connectivity index (χ4n) is 3.77. The molecule has 3 rings (SSSR count). The lowest BCUT2D eigenvalue weighted by atomic mass is 10.0. The van der Waals surface area contributed by atoms with Crippen LogP contribution in [-0.4, -0.2) is 52.7 Å². The van der Waals surface area contributed by atoms with Crippen LogP contribution < -0.4 is 0 Å². The van der Waals surface area contributed by atoms with Crippen LogP contribution in [-0.2, 0) is 9.36 Å². The number of benzene rings is 2. The van der Waals surface area contributed by atoms with Gasteiger partial charge in [-0.1, -0.05) is 36.4 Å². The van der Waals surface area contributed by atoms with E-state index in [-0.39, 0.29) is 18.3 Å². The number of aliphatic carboxylic acids is 1. The van der Waals surface area contributed by atoms with Crippen LogP contribution in [0.25, 0.3) is 28.1 Å². The Balaban J connectivity index is 0.000000784. The first-order valence-corrected chi connectivity index (χ1v) is 12.3. The third-order valence-corrected chi connectivity index (χ3v) is 5.00. The average molecular weight is 509 g/mol. The molecule has 1 heterocycles. The molecule has 0 aliphatic carbocycles. The van der Waals surface area contributed by atoms with Crippen molar-refractivity contribution in [3.63, 3.8) is 0 Å². The minimum atomic E-state index is -4.64. The molecule has 2 atom stereocenters. The number of fused-ring (bicyclic) bond motifs is 1. The molecule has 0 aliphatic rings. The van der Waals surface area contributed by atoms with Crippen molar-refractivity contribution in [3.05, 3.63) is 66.1 Å². The number of carbonyl (C=O) groups is 1. The standard InChI is InChI=1S/C24H26FNO4.H3O4P/c1-15(2)26-21-6-4-3-5-20(21)24(16-7-9-17(25)10-8-16)22(26)12-11-18(27)13-19(28)14-23(29)30;1-5(2,3)4/h3-12,15,18-19,27-28H,13-14H2,1-2H3,(H,29,30);(H3,1,2,3,4)/b12-11+;/t18-,19-;/m1./s1. The SMILES string of the molecule is CC(C)n1c(/C=C/[C@@H](O)C[C@@H](O)CC(=O)O)c(-c2ccc(F)cc2)c2ccccc21.O=P(O)(O)O. The molecule has 1 aromatic heterocycles. The zero-order valence-corrected chi connectivity index (χ0v) is 20.1. The summed E-state index contributed by atoms with van der Waals surface area (Å²) in [6, 6.07) is 14.4. The molecule has 2 aromatic carbocycles. The van der Waals surface area contributed by atoms with Gasteiger partial charge in [-0.05, 0) is 43.7 Å². The average Bonchev–Trinajstić information content (AvgIpc) is 3.05. The number of phosphoric acid groups is 1. The van der Waals surface area contributed by atoms with Crippen LogP contribution in [0.15, 0.2) is 54.6 Å². The van der Waals surface area contributed by atoms with Gasteiger partial charge in [-0.15, -0.1) is 0 Å². The van der Waals surface area contributed by atoms with Crippen LogP contribution in [0, 0.1) is 5.82 Å². The normalized spacial score (nSPS) is 13.6. The van der Waals surface area contributed by atoms with Crippen molar-refractivity contribution in [3.8, 4) is 11.1 Å². The van der Waals surface area contributed by atoms with Crippen LogP contribution in [0.1, 0.15) is 38.4 Å². The Morgan fingerprint density at radius 2 is 1.63 bits per heavy atom. The monoisotopic (exact) mass is 509 g/mol. The van der Waals surface area contributed by atoms with E-state index >= 15 is 0 Å². The second-order valence-electron chi connectivity index (χ2n) is 8.18. The Hall–Kier alpha value is -2.85. The van der Waals surface area contributed by atoms with Crippen molar-refractivity contribution < 1.29 is 43.7 Å². The number of aliphatic hydroxyl groups is 2. The minimum Gasteiger partial charge on any atom is -0.481 e. The summed E-state index contributed by atoms with van der Waals surface area (Å²) < 4.78 is 24.5. The third kappa shape index (κ3) is 8.70. The molecule has 0 fully saturated rings. The fraction of sp³-hybridized carbons (Fsp3) is 0.292. The highest BCUT2D eigenvalue weighted by molar-refractivity contribution is 7.45. The lowest BCUT2D eigenvalue weighted by molar-refractivity contribution is -0.139. The highest BCUT2D eigenvalue weighted by Crippen LogP contribution is 2.38. The zero-order valence-electron chi connectivity index (χ0n) is 19.2. The number of carboxylic acids is 1. The maximum atomic E-state index is 13.5. The molecule has 0 amide bonds. The molecule has 0 radical (unpaired) electrons. The molecule has 0 unspecified atom stereocenters. The molecule has 11 heteroatoms. The second-order valence-corrected chi connectivity index (χ2v) is 9.20. The number of para-hydroxylation sites is 1. The number of aliphatic hydroxyl groups excluding tert-OH is 2. The molecule has 0 saturated heterocycles. The van der Waals surface area contributed by atoms with Gasteiger partial charge in [0, 0.05) is 34.6 Å². The molecule has 3 aromatic rings. The Morgan fingerprint density at radius 3 is 2.17 bits per heavy atom. The first-order valence-electron chi connectivity index (χ1n) is 10.7. The van der Waals surface area contributed by atoms with Gasteiger partial charge in [0.15, 0.2) is 0 Å². The van der Waals surface area contributed by atoms with E-state index < -0.39 is 32.4 Å². The van der Waals surface area contributed by atoms with E-state index in [1.165, 1.54) is 12.1 Å². The molecule has 0 saturated carbocycles. The summed E-state index contributed by atoms with van der Waals surface area (Å²) in [5.74, 6) is -1.43. The van der Waals surface area contributed by atoms with E-state index in [9.17, 15) is 19.4 Å². The molecule has 0 aliphatic heterocycles. The summed E-state index contributed by atoms with van der Waals surface area (Å²) in [6.07, 6.45) is 0.727. The number of aromatic nitrogens is 1. The highest BCUT2D eigenvalue weighted by Gasteiger charge is 2.19. The van der Waals surface area contributed by atoms with E-state index in [1.807, 2.05) is 24.3 Å². The van der Waals surface area contributed by atoms with E-state index in [1.54, 1.807) is 24.3 Å². The molecule has 0 bridgehead atoms. The Morgan fingerprint density at radius 1 is 1.06 bits per heavy atom. The van der Waals surface area contributed by atoms with Crippen LogP contribution >= 0.6 is 7.82 Å². The van der Waals surface area contributed by atoms with Gasteiger partial charge < -0.3 is 34.6 Å². The number of nitrogens with zero attached hydrogens (tertiary/aromatic N) is 1. The van der Waals surface area contributed by atoms with Crippen molar-refractivity contribution in [2.45, 2.75) is 44.9 Å². The fourth-order valence-corrected chi connectivity index (χ4v) is 3.77. The maximum absolute atomic E-state index is 13.5. The van der Waals surface area contributed by atoms with Crippen molar-refractivity contribution in [1.29, 1.82) is 0 Å². The summed E-state index contributed by atoms with van der Waals surface area (Å²) in [7, 11) is -4.64. The second kappa shape index (κ2) is 12.2. The van der Waals surface area contributed by atoms with Crippen LogP contribution in [0.4, 0.5) is 4.39 Å². The first kappa shape index (κ1) is 28.4. The van der Waals surface area contributed by atoms with Crippen molar-refractivity contribution in [1.82, 2.24) is 4.57 Å². The van der Waals surface area contributed by atoms with E-state index in [4.69, 9.17) is 24.4 Å². The summed E-state index contributed by atoms with van der Waals surface area (Å²) in [4.78, 5) is 32.3. The van der Waals surface area contributed by atoms with Crippen molar-refractivity contribution in [2.75, 3.05) is 0 Å². The Kier molecular flexibility index (Phi) is 9.91. The Bertz CT molecular complexity index is 1210. The smallest absolute Gasteiger partial charge is 0.466 e. The van der Waals surface area contributed by atoms with Crippen LogP contribution in [0.3, 0.4) is 0 Å². The summed E-state index contributed by atoms with van der Waals surface area (Å²) in [5.41, 5.74) is 3.65. The van der Waals surface area contributed by atoms with E-state index in [0.29, 0.717) is 0 Å². The number of carboxylic acid groups (broad SMARTS) is 1. The van der Waals surface area contributed by atoms with Crippen molar-refractivity contribution >= 4 is 30.8 Å². The third-order valence-electron chi connectivity index (χ3n) is 5.00. The highest BCUT2D eigenvalue weighted by atomic mass is 31.2. The lowest BCUT2D eigenvalue weighted by Crippen LogP contribution is -2.19. The number of halogens is 1. The van der Waals surface area contributed by atoms with Gasteiger partial charge in [-0.2, -0.15) is 0 Å². The van der Waals surface area contributed by atoms with E-state index in [2.05, 4.69) is 18.4 Å². The first-order chi connectivity index (χ1) is 16.3. The van der Waals surface area contributed by atoms with Crippen LogP contribution in [0.5, 0.6) is 0 Å². The van der Waals surface area contributed by atoms with Gasteiger partial charge in [0.05, 0.1) is 18.6 Å². The van der Waals surface area contributed by atoms with Gasteiger partial charge in [0.25, 0.3) is 0 Å². The van der Waals surface area contributed by atoms with Gasteiger partial charge in [0.2, 0.25) is 0 Å². The largest absolute Gasteiger partial charge is 0.481 e. The molecular weight excluding hydrogens is 480 g/mol. The van der Waals surface area contributed by atoms with Crippen molar-refractivity contribution in [2.24, 2.45) is 0 Å². The predicted molar refractivity (Wildman–Crippen MR) is 130 cm³/mol. The lowest BCUT2D eigenvalue weighted by Gasteiger charge is -2.15. The maximum Gasteiger partial charge on any atom is 0.466 e. The molecule has 35 heavy (non-hydrogen) atoms. The molecule has 190 valence electrons. The molecule has 0 spiro atoms. The zero-order chi connectivity index (χ0) is 26.3. The van der Waals surface area contributed by atoms with Gasteiger partial charge in [-0.3, -0.25) is 4.79 Å². The Labute approximate surface area is 201 Å². The summed E-state index contributed by atoms with van der Waals surface area (Å²) in [5, 5.41) is 29.9. The topological polar surface area (TPSA) is 160 Å². The number of hydrogen-bond acceptors (Lipinski definition) is 4. The summed E-state index contributed by atoms with van der Waals surface area (Å²) in [6.45, 7) is 4.12. The summed E-state index contributed by atoms with van der Waals surface area (Å²) >= 11 is 0. The molecule has 6 N–H and O–H groups in total. The molecule has 9 nitrogen and oxygen atoms in total. The number of hydrogen-bond donors (Lipinski definition) is 6. The molecular formula is C24H29FNO8P. The van der Waals surface area contributed by atoms with Gasteiger partial charge >= 0.3 is 13.8 Å². The van der Waals surface area contributed by atoms with Crippen LogP contribution in [0.2, 0.25) is 0 Å². The number of rotatable bonds is 8. The van der Waals surface area contributed by atoms with Gasteiger partial charge in [-0.25, -0.2) is 8.96 Å².